The fourth-order valence-corrected chi connectivity index (χ4v) is 1.48. The van der Waals surface area contributed by atoms with Gasteiger partial charge in [0.2, 0.25) is 0 Å². The molecule has 1 aromatic rings. The maximum absolute atomic E-state index is 11.3. The summed E-state index contributed by atoms with van der Waals surface area (Å²) in [6, 6.07) is 7.48. The van der Waals surface area contributed by atoms with Crippen LogP contribution in [0.25, 0.3) is 0 Å². The van der Waals surface area contributed by atoms with Crippen molar-refractivity contribution in [3.63, 3.8) is 0 Å². The highest BCUT2D eigenvalue weighted by atomic mass is 16.5. The summed E-state index contributed by atoms with van der Waals surface area (Å²) in [5.74, 6) is 0.741. The summed E-state index contributed by atoms with van der Waals surface area (Å²) in [6.07, 6.45) is 1.68. The van der Waals surface area contributed by atoms with E-state index in [1.54, 1.807) is 7.11 Å². The lowest BCUT2D eigenvalue weighted by molar-refractivity contribution is -0.114. The van der Waals surface area contributed by atoms with E-state index in [0.29, 0.717) is 32.8 Å². The lowest BCUT2D eigenvalue weighted by atomic mass is 10.1. The maximum atomic E-state index is 11.3. The number of ketones is 1. The predicted molar refractivity (Wildman–Crippen MR) is 73.5 cm³/mol. The largest absolute Gasteiger partial charge is 0.491 e. The van der Waals surface area contributed by atoms with Gasteiger partial charge in [-0.15, -0.1) is 0 Å². The molecule has 104 valence electrons. The lowest BCUT2D eigenvalue weighted by Gasteiger charge is -2.08. The third kappa shape index (κ3) is 6.74. The number of methoxy groups -OCH3 is 1. The second-order valence-corrected chi connectivity index (χ2v) is 3.95. The highest BCUT2D eigenvalue weighted by Crippen LogP contribution is 2.14. The van der Waals surface area contributed by atoms with Crippen molar-refractivity contribution in [2.45, 2.75) is 6.42 Å². The monoisotopic (exact) mass is 264 g/mol. The summed E-state index contributed by atoms with van der Waals surface area (Å²) < 4.78 is 15.7. The summed E-state index contributed by atoms with van der Waals surface area (Å²) in [6.45, 7) is 5.59. The molecule has 0 aliphatic carbocycles. The summed E-state index contributed by atoms with van der Waals surface area (Å²) in [5, 5.41) is 0. The minimum atomic E-state index is 0.0000453. The third-order valence-electron chi connectivity index (χ3n) is 2.43. The van der Waals surface area contributed by atoms with Crippen molar-refractivity contribution in [2.75, 3.05) is 33.5 Å². The predicted octanol–water partition coefficient (Wildman–Crippen LogP) is 2.03. The fraction of sp³-hybridized carbons (Fsp3) is 0.400. The molecule has 0 fully saturated rings. The number of benzene rings is 1. The Labute approximate surface area is 114 Å². The molecule has 1 aromatic carbocycles. The molecule has 0 amide bonds. The van der Waals surface area contributed by atoms with Crippen LogP contribution in [0.3, 0.4) is 0 Å². The summed E-state index contributed by atoms with van der Waals surface area (Å²) >= 11 is 0. The van der Waals surface area contributed by atoms with Crippen LogP contribution < -0.4 is 4.74 Å². The Bertz CT molecular complexity index is 401. The van der Waals surface area contributed by atoms with Gasteiger partial charge >= 0.3 is 0 Å². The average Bonchev–Trinajstić information content (AvgIpc) is 2.43. The van der Waals surface area contributed by atoms with Crippen LogP contribution in [0.1, 0.15) is 5.56 Å². The zero-order valence-corrected chi connectivity index (χ0v) is 11.3. The fourth-order valence-electron chi connectivity index (χ4n) is 1.48. The molecule has 0 aliphatic rings. The van der Waals surface area contributed by atoms with Crippen LogP contribution in [0.5, 0.6) is 5.75 Å². The van der Waals surface area contributed by atoms with E-state index in [2.05, 4.69) is 6.58 Å². The van der Waals surface area contributed by atoms with E-state index in [-0.39, 0.29) is 5.78 Å². The standard InChI is InChI=1S/C15H20O4/c1-3-14(16)11-13-5-4-6-15(12-13)19-10-9-18-8-7-17-2/h3-6,12H,1,7-11H2,2H3. The topological polar surface area (TPSA) is 44.8 Å². The van der Waals surface area contributed by atoms with E-state index in [1.807, 2.05) is 24.3 Å². The van der Waals surface area contributed by atoms with Gasteiger partial charge in [-0.2, -0.15) is 0 Å². The highest BCUT2D eigenvalue weighted by molar-refractivity contribution is 5.90. The van der Waals surface area contributed by atoms with E-state index in [4.69, 9.17) is 14.2 Å². The molecule has 4 nitrogen and oxygen atoms in total. The third-order valence-corrected chi connectivity index (χ3v) is 2.43. The number of carbonyl (C=O) groups excluding carboxylic acids is 1. The van der Waals surface area contributed by atoms with Crippen molar-refractivity contribution in [2.24, 2.45) is 0 Å². The first kappa shape index (κ1) is 15.4. The van der Waals surface area contributed by atoms with Crippen molar-refractivity contribution in [1.29, 1.82) is 0 Å². The second-order valence-electron chi connectivity index (χ2n) is 3.95. The highest BCUT2D eigenvalue weighted by Gasteiger charge is 2.01. The van der Waals surface area contributed by atoms with Gasteiger partial charge in [0.05, 0.1) is 19.8 Å². The van der Waals surface area contributed by atoms with Crippen molar-refractivity contribution < 1.29 is 19.0 Å². The van der Waals surface area contributed by atoms with E-state index in [9.17, 15) is 4.79 Å². The number of hydrogen-bond acceptors (Lipinski definition) is 4. The van der Waals surface area contributed by atoms with E-state index in [1.165, 1.54) is 6.08 Å². The van der Waals surface area contributed by atoms with E-state index < -0.39 is 0 Å². The van der Waals surface area contributed by atoms with Gasteiger partial charge in [0.25, 0.3) is 0 Å². The molecule has 4 heteroatoms. The van der Waals surface area contributed by atoms with Crippen LogP contribution in [0.4, 0.5) is 0 Å². The van der Waals surface area contributed by atoms with Crippen LogP contribution in [-0.2, 0) is 20.7 Å². The molecule has 0 atom stereocenters. The van der Waals surface area contributed by atoms with Gasteiger partial charge in [-0.05, 0) is 23.8 Å². The molecule has 0 spiro atoms. The normalized spacial score (nSPS) is 10.2. The van der Waals surface area contributed by atoms with Gasteiger partial charge in [-0.3, -0.25) is 4.79 Å². The molecule has 0 bridgehead atoms. The first-order chi connectivity index (χ1) is 9.26. The number of hydrogen-bond donors (Lipinski definition) is 0. The summed E-state index contributed by atoms with van der Waals surface area (Å²) in [5.41, 5.74) is 0.919. The van der Waals surface area contributed by atoms with Gasteiger partial charge in [0.1, 0.15) is 12.4 Å². The molecule has 0 aliphatic heterocycles. The molecular formula is C15H20O4. The van der Waals surface area contributed by atoms with E-state index >= 15 is 0 Å². The Morgan fingerprint density at radius 3 is 2.79 bits per heavy atom. The molecular weight excluding hydrogens is 244 g/mol. The lowest BCUT2D eigenvalue weighted by Crippen LogP contribution is -2.10. The first-order valence-corrected chi connectivity index (χ1v) is 6.20. The molecule has 0 unspecified atom stereocenters. The Morgan fingerprint density at radius 1 is 1.26 bits per heavy atom. The van der Waals surface area contributed by atoms with Crippen molar-refractivity contribution in [1.82, 2.24) is 0 Å². The Kier molecular flexibility index (Phi) is 7.54. The molecule has 0 saturated carbocycles. The molecule has 0 radical (unpaired) electrons. The van der Waals surface area contributed by atoms with Crippen LogP contribution in [0, 0.1) is 0 Å². The van der Waals surface area contributed by atoms with Crippen molar-refractivity contribution in [3.05, 3.63) is 42.5 Å². The van der Waals surface area contributed by atoms with Crippen LogP contribution in [0.2, 0.25) is 0 Å². The zero-order chi connectivity index (χ0) is 13.9. The summed E-state index contributed by atoms with van der Waals surface area (Å²) in [4.78, 5) is 11.3. The Balaban J connectivity index is 2.31. The minimum Gasteiger partial charge on any atom is -0.491 e. The molecule has 0 heterocycles. The van der Waals surface area contributed by atoms with Gasteiger partial charge in [0, 0.05) is 13.5 Å². The van der Waals surface area contributed by atoms with E-state index in [0.717, 1.165) is 11.3 Å². The number of carbonyl (C=O) groups is 1. The number of ether oxygens (including phenoxy) is 3. The number of allylic oxidation sites excluding steroid dienone is 1. The van der Waals surface area contributed by atoms with Gasteiger partial charge in [-0.25, -0.2) is 0 Å². The van der Waals surface area contributed by atoms with Crippen LogP contribution in [-0.4, -0.2) is 39.3 Å². The zero-order valence-electron chi connectivity index (χ0n) is 11.3. The number of rotatable bonds is 10. The summed E-state index contributed by atoms with van der Waals surface area (Å²) in [7, 11) is 1.63. The van der Waals surface area contributed by atoms with Gasteiger partial charge < -0.3 is 14.2 Å². The second kappa shape index (κ2) is 9.30. The Hall–Kier alpha value is -1.65. The SMILES string of the molecule is C=CC(=O)Cc1cccc(OCCOCCOC)c1. The molecule has 1 rings (SSSR count). The van der Waals surface area contributed by atoms with Crippen LogP contribution in [0.15, 0.2) is 36.9 Å². The smallest absolute Gasteiger partial charge is 0.159 e. The Morgan fingerprint density at radius 2 is 2.05 bits per heavy atom. The van der Waals surface area contributed by atoms with Crippen molar-refractivity contribution >= 4 is 5.78 Å². The quantitative estimate of drug-likeness (QED) is 0.479. The van der Waals surface area contributed by atoms with Gasteiger partial charge in [0.15, 0.2) is 5.78 Å². The molecule has 0 N–H and O–H groups in total. The van der Waals surface area contributed by atoms with Gasteiger partial charge in [-0.1, -0.05) is 18.7 Å². The first-order valence-electron chi connectivity index (χ1n) is 6.20. The molecule has 19 heavy (non-hydrogen) atoms. The van der Waals surface area contributed by atoms with Crippen LogP contribution >= 0.6 is 0 Å². The molecule has 0 aromatic heterocycles. The molecule has 0 saturated heterocycles. The average molecular weight is 264 g/mol. The van der Waals surface area contributed by atoms with Crippen molar-refractivity contribution in [3.8, 4) is 5.75 Å². The minimum absolute atomic E-state index is 0.0000453. The maximum Gasteiger partial charge on any atom is 0.159 e.